The highest BCUT2D eigenvalue weighted by molar-refractivity contribution is 7.92. The van der Waals surface area contributed by atoms with E-state index in [-0.39, 0.29) is 22.1 Å². The third-order valence-electron chi connectivity index (χ3n) is 3.79. The van der Waals surface area contributed by atoms with Gasteiger partial charge < -0.3 is 15.2 Å². The number of aromatic nitrogens is 1. The van der Waals surface area contributed by atoms with Crippen molar-refractivity contribution in [1.82, 2.24) is 4.98 Å². The smallest absolute Gasteiger partial charge is 0.265 e. The summed E-state index contributed by atoms with van der Waals surface area (Å²) >= 11 is 0. The van der Waals surface area contributed by atoms with Gasteiger partial charge in [0.2, 0.25) is 0 Å². The molecule has 0 aliphatic rings. The minimum atomic E-state index is -3.90. The summed E-state index contributed by atoms with van der Waals surface area (Å²) in [6.07, 6.45) is 1.55. The van der Waals surface area contributed by atoms with Crippen molar-refractivity contribution < 1.29 is 18.3 Å². The molecule has 3 N–H and O–H groups in total. The van der Waals surface area contributed by atoms with Crippen LogP contribution in [0.4, 0.5) is 17.2 Å². The molecule has 0 saturated heterocycles. The summed E-state index contributed by atoms with van der Waals surface area (Å²) in [4.78, 5) is 4.25. The monoisotopic (exact) mass is 385 g/mol. The van der Waals surface area contributed by atoms with Crippen molar-refractivity contribution in [2.24, 2.45) is 0 Å². The zero-order chi connectivity index (χ0) is 19.4. The summed E-state index contributed by atoms with van der Waals surface area (Å²) in [7, 11) is -2.47. The number of nitrogens with one attached hydrogen (secondary N) is 2. The van der Waals surface area contributed by atoms with E-state index in [0.29, 0.717) is 11.5 Å². The minimum absolute atomic E-state index is 0.0458. The summed E-state index contributed by atoms with van der Waals surface area (Å²) in [6.45, 7) is 1.81. The fourth-order valence-corrected chi connectivity index (χ4v) is 3.78. The van der Waals surface area contributed by atoms with Crippen LogP contribution in [0.2, 0.25) is 0 Å². The number of aromatic hydroxyl groups is 1. The molecule has 0 amide bonds. The number of nitrogens with zero attached hydrogens (tertiary/aromatic N) is 1. The molecule has 0 bridgehead atoms. The molecule has 3 aromatic rings. The average molecular weight is 385 g/mol. The molecule has 1 aromatic heterocycles. The van der Waals surface area contributed by atoms with E-state index in [0.717, 1.165) is 5.56 Å². The predicted octanol–water partition coefficient (Wildman–Crippen LogP) is 3.65. The first-order chi connectivity index (χ1) is 12.9. The molecule has 0 fully saturated rings. The average Bonchev–Trinajstić information content (AvgIpc) is 2.65. The largest absolute Gasteiger partial charge is 0.508 e. The maximum Gasteiger partial charge on any atom is 0.265 e. The van der Waals surface area contributed by atoms with Gasteiger partial charge in [-0.1, -0.05) is 6.07 Å². The van der Waals surface area contributed by atoms with Crippen LogP contribution in [0.1, 0.15) is 5.56 Å². The van der Waals surface area contributed by atoms with Crippen molar-refractivity contribution in [1.29, 1.82) is 0 Å². The van der Waals surface area contributed by atoms with Gasteiger partial charge in [0, 0.05) is 11.9 Å². The highest BCUT2D eigenvalue weighted by Gasteiger charge is 2.21. The molecule has 0 spiro atoms. The summed E-state index contributed by atoms with van der Waals surface area (Å²) < 4.78 is 33.5. The quantitative estimate of drug-likeness (QED) is 0.560. The second-order valence-corrected chi connectivity index (χ2v) is 7.48. The van der Waals surface area contributed by atoms with E-state index in [2.05, 4.69) is 15.0 Å². The van der Waals surface area contributed by atoms with Crippen LogP contribution >= 0.6 is 0 Å². The molecule has 0 unspecified atom stereocenters. The van der Waals surface area contributed by atoms with Gasteiger partial charge in [-0.05, 0) is 61.0 Å². The molecule has 3 rings (SSSR count). The number of hydrogen-bond acceptors (Lipinski definition) is 6. The number of ether oxygens (including phenoxy) is 1. The van der Waals surface area contributed by atoms with Crippen LogP contribution < -0.4 is 14.8 Å². The van der Waals surface area contributed by atoms with Crippen LogP contribution in [0.25, 0.3) is 0 Å². The molecule has 0 aliphatic carbocycles. The number of phenols is 1. The van der Waals surface area contributed by atoms with E-state index in [1.807, 2.05) is 0 Å². The van der Waals surface area contributed by atoms with Gasteiger partial charge in [-0.25, -0.2) is 13.4 Å². The number of methoxy groups -OCH3 is 1. The Morgan fingerprint density at radius 3 is 2.52 bits per heavy atom. The van der Waals surface area contributed by atoms with Crippen LogP contribution in [0, 0.1) is 6.92 Å². The van der Waals surface area contributed by atoms with E-state index in [4.69, 9.17) is 4.74 Å². The lowest BCUT2D eigenvalue weighted by Gasteiger charge is -2.15. The summed E-state index contributed by atoms with van der Waals surface area (Å²) in [5.41, 5.74) is 1.74. The molecule has 27 heavy (non-hydrogen) atoms. The molecule has 8 heteroatoms. The summed E-state index contributed by atoms with van der Waals surface area (Å²) in [6, 6.07) is 14.5. The van der Waals surface area contributed by atoms with E-state index in [1.54, 1.807) is 55.6 Å². The number of anilines is 3. The number of rotatable bonds is 6. The number of benzene rings is 2. The highest BCUT2D eigenvalue weighted by Crippen LogP contribution is 2.30. The Morgan fingerprint density at radius 1 is 1.07 bits per heavy atom. The van der Waals surface area contributed by atoms with Crippen LogP contribution in [-0.2, 0) is 10.0 Å². The molecule has 0 saturated carbocycles. The van der Waals surface area contributed by atoms with Gasteiger partial charge in [-0.3, -0.25) is 4.72 Å². The van der Waals surface area contributed by atoms with Crippen molar-refractivity contribution in [2.45, 2.75) is 11.8 Å². The lowest BCUT2D eigenvalue weighted by Crippen LogP contribution is -2.15. The SMILES string of the molecule is COc1ccc(C)cc1S(=O)(=O)Nc1cccnc1Nc1ccc(O)cc1. The first-order valence-corrected chi connectivity index (χ1v) is 9.56. The summed E-state index contributed by atoms with van der Waals surface area (Å²) in [5, 5.41) is 12.4. The molecular weight excluding hydrogens is 366 g/mol. The van der Waals surface area contributed by atoms with E-state index < -0.39 is 10.0 Å². The lowest BCUT2D eigenvalue weighted by atomic mass is 10.2. The normalized spacial score (nSPS) is 11.0. The fourth-order valence-electron chi connectivity index (χ4n) is 2.46. The second kappa shape index (κ2) is 7.55. The van der Waals surface area contributed by atoms with Crippen molar-refractivity contribution >= 4 is 27.2 Å². The van der Waals surface area contributed by atoms with Gasteiger partial charge in [0.1, 0.15) is 16.4 Å². The predicted molar refractivity (Wildman–Crippen MR) is 104 cm³/mol. The standard InChI is InChI=1S/C19H19N3O4S/c1-13-5-10-17(26-2)18(12-13)27(24,25)22-16-4-3-11-20-19(16)21-14-6-8-15(23)9-7-14/h3-12,22-23H,1-2H3,(H,20,21). The van der Waals surface area contributed by atoms with Crippen molar-refractivity contribution in [3.8, 4) is 11.5 Å². The molecule has 0 atom stereocenters. The third kappa shape index (κ3) is 4.29. The Balaban J connectivity index is 1.94. The molecule has 1 heterocycles. The Kier molecular flexibility index (Phi) is 5.18. The minimum Gasteiger partial charge on any atom is -0.508 e. The Morgan fingerprint density at radius 2 is 1.81 bits per heavy atom. The Hall–Kier alpha value is -3.26. The van der Waals surface area contributed by atoms with Crippen molar-refractivity contribution in [3.63, 3.8) is 0 Å². The molecule has 7 nitrogen and oxygen atoms in total. The van der Waals surface area contributed by atoms with Crippen LogP contribution in [0.3, 0.4) is 0 Å². The molecule has 0 radical (unpaired) electrons. The zero-order valence-electron chi connectivity index (χ0n) is 14.8. The first-order valence-electron chi connectivity index (χ1n) is 8.07. The maximum absolute atomic E-state index is 12.9. The van der Waals surface area contributed by atoms with Gasteiger partial charge >= 0.3 is 0 Å². The van der Waals surface area contributed by atoms with E-state index >= 15 is 0 Å². The Bertz CT molecular complexity index is 1050. The molecule has 2 aromatic carbocycles. The van der Waals surface area contributed by atoms with Crippen LogP contribution in [-0.4, -0.2) is 25.6 Å². The van der Waals surface area contributed by atoms with Gasteiger partial charge in [0.25, 0.3) is 10.0 Å². The number of hydrogen-bond donors (Lipinski definition) is 3. The molecule has 0 aliphatic heterocycles. The molecular formula is C19H19N3O4S. The lowest BCUT2D eigenvalue weighted by molar-refractivity contribution is 0.402. The van der Waals surface area contributed by atoms with Gasteiger partial charge in [-0.2, -0.15) is 0 Å². The zero-order valence-corrected chi connectivity index (χ0v) is 15.6. The first kappa shape index (κ1) is 18.5. The van der Waals surface area contributed by atoms with Crippen LogP contribution in [0.15, 0.2) is 65.7 Å². The van der Waals surface area contributed by atoms with Gasteiger partial charge in [-0.15, -0.1) is 0 Å². The Labute approximate surface area is 157 Å². The maximum atomic E-state index is 12.9. The van der Waals surface area contributed by atoms with Crippen molar-refractivity contribution in [2.75, 3.05) is 17.1 Å². The second-order valence-electron chi connectivity index (χ2n) is 5.83. The van der Waals surface area contributed by atoms with Gasteiger partial charge in [0.15, 0.2) is 5.82 Å². The van der Waals surface area contributed by atoms with E-state index in [1.165, 1.54) is 19.2 Å². The topological polar surface area (TPSA) is 101 Å². The number of pyridine rings is 1. The van der Waals surface area contributed by atoms with Crippen molar-refractivity contribution in [3.05, 3.63) is 66.4 Å². The number of sulfonamides is 1. The number of aryl methyl sites for hydroxylation is 1. The van der Waals surface area contributed by atoms with Gasteiger partial charge in [0.05, 0.1) is 12.8 Å². The molecule has 140 valence electrons. The van der Waals surface area contributed by atoms with Crippen LogP contribution in [0.5, 0.6) is 11.5 Å². The highest BCUT2D eigenvalue weighted by atomic mass is 32.2. The fraction of sp³-hybridized carbons (Fsp3) is 0.105. The third-order valence-corrected chi connectivity index (χ3v) is 5.18. The number of phenolic OH excluding ortho intramolecular Hbond substituents is 1. The summed E-state index contributed by atoms with van der Waals surface area (Å²) in [5.74, 6) is 0.720. The van der Waals surface area contributed by atoms with E-state index in [9.17, 15) is 13.5 Å².